The van der Waals surface area contributed by atoms with Gasteiger partial charge in [-0.2, -0.15) is 0 Å². The summed E-state index contributed by atoms with van der Waals surface area (Å²) in [4.78, 5) is 17.8. The van der Waals surface area contributed by atoms with Crippen molar-refractivity contribution >= 4 is 6.09 Å². The highest BCUT2D eigenvalue weighted by atomic mass is 16.6. The van der Waals surface area contributed by atoms with Crippen molar-refractivity contribution in [3.8, 4) is 0 Å². The van der Waals surface area contributed by atoms with E-state index in [1.807, 2.05) is 20.8 Å². The minimum atomic E-state index is -0.444. The first-order valence-electron chi connectivity index (χ1n) is 5.12. The van der Waals surface area contributed by atoms with Crippen molar-refractivity contribution in [3.05, 3.63) is 0 Å². The molecular weight excluding hydrogens is 196 g/mol. The van der Waals surface area contributed by atoms with Crippen molar-refractivity contribution in [2.75, 3.05) is 13.7 Å². The molecule has 0 aromatic heterocycles. The Labute approximate surface area is 90.5 Å². The molecule has 1 aliphatic rings. The highest BCUT2D eigenvalue weighted by Crippen LogP contribution is 2.35. The summed E-state index contributed by atoms with van der Waals surface area (Å²) < 4.78 is 5.24. The minimum absolute atomic E-state index is 0.211. The summed E-state index contributed by atoms with van der Waals surface area (Å²) in [6.07, 6.45) is 0.652. The molecule has 0 radical (unpaired) electrons. The Morgan fingerprint density at radius 3 is 2.60 bits per heavy atom. The highest BCUT2D eigenvalue weighted by molar-refractivity contribution is 5.68. The lowest BCUT2D eigenvalue weighted by molar-refractivity contribution is 0.0262. The Balaban J connectivity index is 2.35. The van der Waals surface area contributed by atoms with Gasteiger partial charge in [0.25, 0.3) is 0 Å². The lowest BCUT2D eigenvalue weighted by Crippen LogP contribution is -2.36. The van der Waals surface area contributed by atoms with Crippen molar-refractivity contribution in [2.45, 2.75) is 38.8 Å². The maximum atomic E-state index is 11.6. The van der Waals surface area contributed by atoms with Gasteiger partial charge in [-0.15, -0.1) is 0 Å². The van der Waals surface area contributed by atoms with Crippen LogP contribution < -0.4 is 5.90 Å². The summed E-state index contributed by atoms with van der Waals surface area (Å²) in [7, 11) is 1.75. The Morgan fingerprint density at radius 2 is 2.13 bits per heavy atom. The van der Waals surface area contributed by atoms with E-state index < -0.39 is 5.60 Å². The van der Waals surface area contributed by atoms with Crippen LogP contribution in [0.2, 0.25) is 0 Å². The molecule has 2 atom stereocenters. The summed E-state index contributed by atoms with van der Waals surface area (Å²) in [6, 6.07) is 0.211. The zero-order chi connectivity index (χ0) is 11.6. The second-order valence-electron chi connectivity index (χ2n) is 4.99. The summed E-state index contributed by atoms with van der Waals surface area (Å²) in [5.41, 5.74) is -0.444. The molecule has 0 spiro atoms. The van der Waals surface area contributed by atoms with Crippen LogP contribution >= 0.6 is 0 Å². The second-order valence-corrected chi connectivity index (χ2v) is 4.99. The molecule has 1 saturated carbocycles. The Morgan fingerprint density at radius 1 is 1.53 bits per heavy atom. The number of ether oxygens (including phenoxy) is 1. The van der Waals surface area contributed by atoms with Crippen molar-refractivity contribution in [3.63, 3.8) is 0 Å². The van der Waals surface area contributed by atoms with Gasteiger partial charge < -0.3 is 14.5 Å². The third-order valence-corrected chi connectivity index (χ3v) is 2.37. The molecule has 0 aromatic carbocycles. The van der Waals surface area contributed by atoms with Gasteiger partial charge in [0, 0.05) is 19.0 Å². The number of hydrogen-bond donors (Lipinski definition) is 1. The Kier molecular flexibility index (Phi) is 3.57. The quantitative estimate of drug-likeness (QED) is 0.718. The molecule has 2 N–H and O–H groups in total. The van der Waals surface area contributed by atoms with Gasteiger partial charge in [-0.25, -0.2) is 10.7 Å². The van der Waals surface area contributed by atoms with Gasteiger partial charge >= 0.3 is 6.09 Å². The van der Waals surface area contributed by atoms with Crippen molar-refractivity contribution in [1.82, 2.24) is 4.90 Å². The zero-order valence-corrected chi connectivity index (χ0v) is 9.82. The number of nitrogens with zero attached hydrogens (tertiary/aromatic N) is 1. The molecule has 0 heterocycles. The zero-order valence-electron chi connectivity index (χ0n) is 9.82. The van der Waals surface area contributed by atoms with E-state index in [-0.39, 0.29) is 12.1 Å². The van der Waals surface area contributed by atoms with Crippen molar-refractivity contribution in [1.29, 1.82) is 0 Å². The van der Waals surface area contributed by atoms with E-state index >= 15 is 0 Å². The van der Waals surface area contributed by atoms with Crippen LogP contribution in [0.3, 0.4) is 0 Å². The van der Waals surface area contributed by atoms with Crippen LogP contribution in [0.4, 0.5) is 4.79 Å². The van der Waals surface area contributed by atoms with E-state index in [1.54, 1.807) is 11.9 Å². The van der Waals surface area contributed by atoms with E-state index in [1.165, 1.54) is 0 Å². The van der Waals surface area contributed by atoms with Gasteiger partial charge in [0.2, 0.25) is 0 Å². The Hall–Kier alpha value is -0.810. The molecular formula is C10H20N2O3. The second kappa shape index (κ2) is 4.37. The smallest absolute Gasteiger partial charge is 0.410 e. The molecule has 15 heavy (non-hydrogen) atoms. The first-order valence-corrected chi connectivity index (χ1v) is 5.12. The van der Waals surface area contributed by atoms with Crippen molar-refractivity contribution in [2.24, 2.45) is 11.8 Å². The normalized spacial score (nSPS) is 24.9. The molecule has 5 heteroatoms. The molecule has 0 aliphatic heterocycles. The number of rotatable bonds is 3. The molecule has 0 bridgehead atoms. The molecule has 0 saturated heterocycles. The van der Waals surface area contributed by atoms with Crippen LogP contribution in [0.15, 0.2) is 0 Å². The largest absolute Gasteiger partial charge is 0.444 e. The third kappa shape index (κ3) is 3.68. The average molecular weight is 216 g/mol. The minimum Gasteiger partial charge on any atom is -0.444 e. The lowest BCUT2D eigenvalue weighted by atomic mass is 10.2. The summed E-state index contributed by atoms with van der Waals surface area (Å²) in [5, 5.41) is 0. The fraction of sp³-hybridized carbons (Fsp3) is 0.900. The molecule has 88 valence electrons. The summed E-state index contributed by atoms with van der Waals surface area (Å²) in [5.74, 6) is 5.33. The molecule has 0 aromatic rings. The van der Waals surface area contributed by atoms with Gasteiger partial charge in [0.1, 0.15) is 5.60 Å². The van der Waals surface area contributed by atoms with Crippen LogP contribution in [0.25, 0.3) is 0 Å². The van der Waals surface area contributed by atoms with E-state index in [0.29, 0.717) is 12.5 Å². The molecule has 1 amide bonds. The van der Waals surface area contributed by atoms with Crippen LogP contribution in [-0.4, -0.2) is 36.3 Å². The maximum Gasteiger partial charge on any atom is 0.410 e. The van der Waals surface area contributed by atoms with Gasteiger partial charge in [0.05, 0.1) is 6.61 Å². The molecule has 1 rings (SSSR count). The van der Waals surface area contributed by atoms with Crippen LogP contribution in [0.1, 0.15) is 27.2 Å². The maximum absolute atomic E-state index is 11.6. The first kappa shape index (κ1) is 12.3. The fourth-order valence-corrected chi connectivity index (χ4v) is 1.48. The SMILES string of the molecule is CN(C(=O)OC(C)(C)C)[C@@H]1C[C@@H]1CON. The standard InChI is InChI=1S/C10H20N2O3/c1-10(2,3)15-9(13)12(4)8-5-7(8)6-14-11/h7-8H,5-6,11H2,1-4H3/t7-,8-/m1/s1. The van der Waals surface area contributed by atoms with Gasteiger partial charge in [-0.1, -0.05) is 0 Å². The lowest BCUT2D eigenvalue weighted by Gasteiger charge is -2.24. The van der Waals surface area contributed by atoms with Gasteiger partial charge in [-0.05, 0) is 27.2 Å². The van der Waals surface area contributed by atoms with E-state index in [2.05, 4.69) is 4.84 Å². The van der Waals surface area contributed by atoms with Crippen LogP contribution in [0, 0.1) is 5.92 Å². The number of nitrogens with two attached hydrogens (primary N) is 1. The average Bonchev–Trinajstić information content (AvgIpc) is 2.80. The number of amides is 1. The molecule has 0 unspecified atom stereocenters. The first-order chi connectivity index (χ1) is 6.85. The predicted octanol–water partition coefficient (Wildman–Crippen LogP) is 1.13. The number of carbonyl (C=O) groups excluding carboxylic acids is 1. The molecule has 5 nitrogen and oxygen atoms in total. The van der Waals surface area contributed by atoms with E-state index in [4.69, 9.17) is 10.6 Å². The van der Waals surface area contributed by atoms with Crippen LogP contribution in [0.5, 0.6) is 0 Å². The Bertz CT molecular complexity index is 237. The fourth-order valence-electron chi connectivity index (χ4n) is 1.48. The topological polar surface area (TPSA) is 64.8 Å². The molecule has 1 aliphatic carbocycles. The number of carbonyl (C=O) groups is 1. The van der Waals surface area contributed by atoms with E-state index in [9.17, 15) is 4.79 Å². The van der Waals surface area contributed by atoms with Crippen molar-refractivity contribution < 1.29 is 14.4 Å². The summed E-state index contributed by atoms with van der Waals surface area (Å²) >= 11 is 0. The van der Waals surface area contributed by atoms with Gasteiger partial charge in [0.15, 0.2) is 0 Å². The predicted molar refractivity (Wildman–Crippen MR) is 56.0 cm³/mol. The van der Waals surface area contributed by atoms with Crippen LogP contribution in [-0.2, 0) is 9.57 Å². The number of hydrogen-bond acceptors (Lipinski definition) is 4. The monoisotopic (exact) mass is 216 g/mol. The van der Waals surface area contributed by atoms with E-state index in [0.717, 1.165) is 6.42 Å². The third-order valence-electron chi connectivity index (χ3n) is 2.37. The highest BCUT2D eigenvalue weighted by Gasteiger charge is 2.43. The molecule has 1 fully saturated rings. The van der Waals surface area contributed by atoms with Gasteiger partial charge in [-0.3, -0.25) is 0 Å². The summed E-state index contributed by atoms with van der Waals surface area (Å²) in [6.45, 7) is 6.06.